The Morgan fingerprint density at radius 2 is 1.61 bits per heavy atom. The third-order valence-electron chi connectivity index (χ3n) is 4.21. The summed E-state index contributed by atoms with van der Waals surface area (Å²) < 4.78 is 16.9. The third kappa shape index (κ3) is 5.36. The average Bonchev–Trinajstić information content (AvgIpc) is 2.73. The number of methoxy groups -OCH3 is 1. The van der Waals surface area contributed by atoms with Crippen molar-refractivity contribution >= 4 is 11.9 Å². The van der Waals surface area contributed by atoms with Gasteiger partial charge in [-0.25, -0.2) is 0 Å². The second kappa shape index (κ2) is 9.60. The molecule has 4 nitrogen and oxygen atoms in total. The van der Waals surface area contributed by atoms with Gasteiger partial charge < -0.3 is 14.2 Å². The first kappa shape index (κ1) is 19.5. The minimum atomic E-state index is 0.496. The van der Waals surface area contributed by atoms with Crippen LogP contribution in [0.5, 0.6) is 17.2 Å². The van der Waals surface area contributed by atoms with E-state index in [0.717, 1.165) is 22.6 Å². The summed E-state index contributed by atoms with van der Waals surface area (Å²) in [5, 5.41) is 0. The van der Waals surface area contributed by atoms with E-state index in [9.17, 15) is 0 Å². The topological polar surface area (TPSA) is 40.0 Å². The molecule has 0 unspecified atom stereocenters. The predicted molar refractivity (Wildman–Crippen MR) is 113 cm³/mol. The molecule has 3 rings (SSSR count). The monoisotopic (exact) mass is 375 g/mol. The zero-order chi connectivity index (χ0) is 19.8. The highest BCUT2D eigenvalue weighted by Gasteiger charge is 2.06. The van der Waals surface area contributed by atoms with Crippen LogP contribution in [-0.4, -0.2) is 19.9 Å². The van der Waals surface area contributed by atoms with Gasteiger partial charge in [0.2, 0.25) is 0 Å². The van der Waals surface area contributed by atoms with Crippen molar-refractivity contribution in [3.05, 3.63) is 83.4 Å². The lowest BCUT2D eigenvalue weighted by Crippen LogP contribution is -1.98. The van der Waals surface area contributed by atoms with E-state index < -0.39 is 0 Å². The average molecular weight is 375 g/mol. The Balaban J connectivity index is 1.67. The molecule has 0 heterocycles. The van der Waals surface area contributed by atoms with Crippen molar-refractivity contribution in [1.82, 2.24) is 0 Å². The Hall–Kier alpha value is -3.27. The fraction of sp³-hybridized carbons (Fsp3) is 0.208. The SMILES string of the molecule is CCOc1ccc(N=Cc2ccc(OCc3ccc(C)cc3)c(OC)c2)cc1. The number of hydrogen-bond acceptors (Lipinski definition) is 4. The maximum atomic E-state index is 5.92. The molecule has 0 saturated heterocycles. The molecule has 3 aromatic rings. The Bertz CT molecular complexity index is 916. The zero-order valence-corrected chi connectivity index (χ0v) is 16.5. The third-order valence-corrected chi connectivity index (χ3v) is 4.21. The van der Waals surface area contributed by atoms with Crippen molar-refractivity contribution in [2.45, 2.75) is 20.5 Å². The molecule has 0 aliphatic heterocycles. The van der Waals surface area contributed by atoms with Gasteiger partial charge in [-0.2, -0.15) is 0 Å². The summed E-state index contributed by atoms with van der Waals surface area (Å²) in [6.45, 7) is 5.19. The van der Waals surface area contributed by atoms with Crippen molar-refractivity contribution in [2.75, 3.05) is 13.7 Å². The quantitative estimate of drug-likeness (QED) is 0.472. The Morgan fingerprint density at radius 1 is 0.857 bits per heavy atom. The van der Waals surface area contributed by atoms with Crippen LogP contribution in [0, 0.1) is 6.92 Å². The Morgan fingerprint density at radius 3 is 2.29 bits per heavy atom. The molecule has 0 atom stereocenters. The molecule has 0 fully saturated rings. The first-order valence-electron chi connectivity index (χ1n) is 9.31. The van der Waals surface area contributed by atoms with E-state index in [1.54, 1.807) is 7.11 Å². The van der Waals surface area contributed by atoms with E-state index in [1.807, 2.05) is 55.6 Å². The van der Waals surface area contributed by atoms with Gasteiger partial charge in [-0.15, -0.1) is 0 Å². The maximum absolute atomic E-state index is 5.92. The second-order valence-electron chi connectivity index (χ2n) is 6.37. The Kier molecular flexibility index (Phi) is 6.68. The van der Waals surface area contributed by atoms with Crippen LogP contribution in [0.3, 0.4) is 0 Å². The molecule has 0 aromatic heterocycles. The number of aryl methyl sites for hydroxylation is 1. The van der Waals surface area contributed by atoms with E-state index in [1.165, 1.54) is 5.56 Å². The fourth-order valence-corrected chi connectivity index (χ4v) is 2.67. The number of benzene rings is 3. The zero-order valence-electron chi connectivity index (χ0n) is 16.5. The van der Waals surface area contributed by atoms with Gasteiger partial charge in [-0.3, -0.25) is 4.99 Å². The van der Waals surface area contributed by atoms with Crippen LogP contribution in [0.25, 0.3) is 0 Å². The summed E-state index contributed by atoms with van der Waals surface area (Å²) in [6.07, 6.45) is 1.81. The number of nitrogens with zero attached hydrogens (tertiary/aromatic N) is 1. The van der Waals surface area contributed by atoms with Crippen LogP contribution in [-0.2, 0) is 6.61 Å². The standard InChI is InChI=1S/C24H25NO3/c1-4-27-22-12-10-21(11-13-22)25-16-20-9-14-23(24(15-20)26-3)28-17-19-7-5-18(2)6-8-19/h5-16H,4,17H2,1-3H3. The molecule has 0 aliphatic carbocycles. The molecule has 0 spiro atoms. The minimum Gasteiger partial charge on any atom is -0.494 e. The van der Waals surface area contributed by atoms with E-state index in [2.05, 4.69) is 36.2 Å². The molecule has 0 saturated carbocycles. The van der Waals surface area contributed by atoms with E-state index in [0.29, 0.717) is 24.7 Å². The molecular weight excluding hydrogens is 350 g/mol. The summed E-state index contributed by atoms with van der Waals surface area (Å²) in [6, 6.07) is 21.8. The van der Waals surface area contributed by atoms with Gasteiger partial charge in [-0.05, 0) is 67.4 Å². The largest absolute Gasteiger partial charge is 0.494 e. The summed E-state index contributed by atoms with van der Waals surface area (Å²) in [7, 11) is 1.64. The minimum absolute atomic E-state index is 0.496. The van der Waals surface area contributed by atoms with Crippen LogP contribution in [0.2, 0.25) is 0 Å². The lowest BCUT2D eigenvalue weighted by molar-refractivity contribution is 0.284. The molecule has 144 valence electrons. The van der Waals surface area contributed by atoms with E-state index >= 15 is 0 Å². The van der Waals surface area contributed by atoms with Crippen molar-refractivity contribution in [3.63, 3.8) is 0 Å². The molecular formula is C24H25NO3. The molecule has 4 heteroatoms. The highest BCUT2D eigenvalue weighted by Crippen LogP contribution is 2.28. The Labute approximate surface area is 166 Å². The number of aliphatic imine (C=N–C) groups is 1. The van der Waals surface area contributed by atoms with Crippen LogP contribution >= 0.6 is 0 Å². The molecule has 0 bridgehead atoms. The summed E-state index contributed by atoms with van der Waals surface area (Å²) >= 11 is 0. The highest BCUT2D eigenvalue weighted by atomic mass is 16.5. The number of rotatable bonds is 8. The molecule has 0 radical (unpaired) electrons. The smallest absolute Gasteiger partial charge is 0.161 e. The van der Waals surface area contributed by atoms with Gasteiger partial charge in [0.15, 0.2) is 11.5 Å². The fourth-order valence-electron chi connectivity index (χ4n) is 2.67. The summed E-state index contributed by atoms with van der Waals surface area (Å²) in [5.74, 6) is 2.24. The lowest BCUT2D eigenvalue weighted by atomic mass is 10.1. The van der Waals surface area contributed by atoms with Crippen molar-refractivity contribution < 1.29 is 14.2 Å². The van der Waals surface area contributed by atoms with Gasteiger partial charge >= 0.3 is 0 Å². The van der Waals surface area contributed by atoms with Gasteiger partial charge in [0, 0.05) is 6.21 Å². The summed E-state index contributed by atoms with van der Waals surface area (Å²) in [5.41, 5.74) is 4.15. The van der Waals surface area contributed by atoms with Crippen LogP contribution in [0.15, 0.2) is 71.7 Å². The van der Waals surface area contributed by atoms with Gasteiger partial charge in [0.25, 0.3) is 0 Å². The van der Waals surface area contributed by atoms with Crippen molar-refractivity contribution in [1.29, 1.82) is 0 Å². The molecule has 3 aromatic carbocycles. The highest BCUT2D eigenvalue weighted by molar-refractivity contribution is 5.83. The molecule has 0 N–H and O–H groups in total. The van der Waals surface area contributed by atoms with Gasteiger partial charge in [0.05, 0.1) is 19.4 Å². The van der Waals surface area contributed by atoms with Crippen LogP contribution < -0.4 is 14.2 Å². The van der Waals surface area contributed by atoms with Gasteiger partial charge in [-0.1, -0.05) is 29.8 Å². The summed E-state index contributed by atoms with van der Waals surface area (Å²) in [4.78, 5) is 4.51. The van der Waals surface area contributed by atoms with E-state index in [4.69, 9.17) is 14.2 Å². The normalized spacial score (nSPS) is 10.8. The van der Waals surface area contributed by atoms with Crippen molar-refractivity contribution in [2.24, 2.45) is 4.99 Å². The molecule has 28 heavy (non-hydrogen) atoms. The van der Waals surface area contributed by atoms with Crippen molar-refractivity contribution in [3.8, 4) is 17.2 Å². The first-order valence-corrected chi connectivity index (χ1v) is 9.31. The van der Waals surface area contributed by atoms with Crippen LogP contribution in [0.1, 0.15) is 23.6 Å². The molecule has 0 amide bonds. The molecule has 0 aliphatic rings. The number of ether oxygens (including phenoxy) is 3. The second-order valence-corrected chi connectivity index (χ2v) is 6.37. The number of hydrogen-bond donors (Lipinski definition) is 0. The first-order chi connectivity index (χ1) is 13.7. The lowest BCUT2D eigenvalue weighted by Gasteiger charge is -2.11. The maximum Gasteiger partial charge on any atom is 0.161 e. The van der Waals surface area contributed by atoms with Gasteiger partial charge in [0.1, 0.15) is 12.4 Å². The predicted octanol–water partition coefficient (Wildman–Crippen LogP) is 5.73. The van der Waals surface area contributed by atoms with E-state index in [-0.39, 0.29) is 0 Å². The van der Waals surface area contributed by atoms with Crippen LogP contribution in [0.4, 0.5) is 5.69 Å².